The first kappa shape index (κ1) is 16.5. The zero-order valence-corrected chi connectivity index (χ0v) is 13.8. The second-order valence-electron chi connectivity index (χ2n) is 5.64. The highest BCUT2D eigenvalue weighted by atomic mass is 32.1. The second-order valence-corrected chi connectivity index (χ2v) is 6.05. The average Bonchev–Trinajstić information content (AvgIpc) is 2.53. The number of para-hydroxylation sites is 1. The molecule has 0 atom stereocenters. The van der Waals surface area contributed by atoms with E-state index in [2.05, 4.69) is 24.1 Å². The van der Waals surface area contributed by atoms with Crippen molar-refractivity contribution in [3.63, 3.8) is 0 Å². The van der Waals surface area contributed by atoms with Crippen molar-refractivity contribution in [2.24, 2.45) is 5.92 Å². The van der Waals surface area contributed by atoms with Crippen LogP contribution in [-0.4, -0.2) is 35.6 Å². The molecule has 0 bridgehead atoms. The molecule has 0 saturated carbocycles. The maximum Gasteiger partial charge on any atom is 0.255 e. The fraction of sp³-hybridized carbons (Fsp3) is 0.412. The van der Waals surface area contributed by atoms with Gasteiger partial charge in [0.2, 0.25) is 0 Å². The van der Waals surface area contributed by atoms with Crippen molar-refractivity contribution in [1.82, 2.24) is 10.2 Å². The molecule has 2 rings (SSSR count). The predicted molar refractivity (Wildman–Crippen MR) is 95.2 cm³/mol. The predicted octanol–water partition coefficient (Wildman–Crippen LogP) is 3.03. The molecule has 0 aromatic heterocycles. The van der Waals surface area contributed by atoms with Gasteiger partial charge in [0.15, 0.2) is 5.11 Å². The van der Waals surface area contributed by atoms with Crippen molar-refractivity contribution < 1.29 is 4.79 Å². The van der Waals surface area contributed by atoms with Gasteiger partial charge in [-0.3, -0.25) is 4.79 Å². The van der Waals surface area contributed by atoms with Crippen LogP contribution in [0.15, 0.2) is 36.9 Å². The zero-order chi connectivity index (χ0) is 15.9. The number of carbonyl (C=O) groups is 1. The van der Waals surface area contributed by atoms with Crippen molar-refractivity contribution in [3.8, 4) is 0 Å². The summed E-state index contributed by atoms with van der Waals surface area (Å²) in [6, 6.07) is 7.50. The lowest BCUT2D eigenvalue weighted by Crippen LogP contribution is -2.38. The number of nitrogens with zero attached hydrogens (tertiary/aromatic N) is 1. The van der Waals surface area contributed by atoms with Gasteiger partial charge in [-0.1, -0.05) is 25.1 Å². The number of carbonyl (C=O) groups excluding carboxylic acids is 1. The van der Waals surface area contributed by atoms with Crippen LogP contribution in [0.2, 0.25) is 0 Å². The van der Waals surface area contributed by atoms with Gasteiger partial charge >= 0.3 is 0 Å². The van der Waals surface area contributed by atoms with Gasteiger partial charge in [-0.05, 0) is 43.1 Å². The van der Waals surface area contributed by atoms with Crippen molar-refractivity contribution >= 4 is 28.9 Å². The van der Waals surface area contributed by atoms with Crippen LogP contribution in [0.4, 0.5) is 5.69 Å². The van der Waals surface area contributed by atoms with E-state index in [4.69, 9.17) is 12.2 Å². The number of nitrogens with one attached hydrogen (secondary N) is 2. The molecule has 1 aliphatic rings. The van der Waals surface area contributed by atoms with Gasteiger partial charge in [0, 0.05) is 19.6 Å². The molecule has 1 aromatic rings. The Bertz CT molecular complexity index is 551. The van der Waals surface area contributed by atoms with Crippen LogP contribution in [-0.2, 0) is 0 Å². The van der Waals surface area contributed by atoms with Crippen molar-refractivity contribution in [1.29, 1.82) is 0 Å². The number of anilines is 1. The number of amides is 1. The highest BCUT2D eigenvalue weighted by Gasteiger charge is 2.23. The Morgan fingerprint density at radius 3 is 2.77 bits per heavy atom. The summed E-state index contributed by atoms with van der Waals surface area (Å²) in [6.07, 6.45) is 3.88. The number of rotatable bonds is 4. The summed E-state index contributed by atoms with van der Waals surface area (Å²) in [5.41, 5.74) is 1.41. The Hall–Kier alpha value is -1.88. The fourth-order valence-corrected chi connectivity index (χ4v) is 2.69. The van der Waals surface area contributed by atoms with Crippen LogP contribution in [0.3, 0.4) is 0 Å². The number of hydrogen-bond acceptors (Lipinski definition) is 2. The third-order valence-corrected chi connectivity index (χ3v) is 4.13. The van der Waals surface area contributed by atoms with Gasteiger partial charge in [0.25, 0.3) is 5.91 Å². The molecule has 118 valence electrons. The lowest BCUT2D eigenvalue weighted by Gasteiger charge is -2.31. The number of likely N-dealkylation sites (tertiary alicyclic amines) is 1. The minimum absolute atomic E-state index is 0.0709. The molecule has 1 heterocycles. The molecule has 4 nitrogen and oxygen atoms in total. The number of hydrogen-bond donors (Lipinski definition) is 2. The number of piperidine rings is 1. The summed E-state index contributed by atoms with van der Waals surface area (Å²) < 4.78 is 0. The largest absolute Gasteiger partial charge is 0.359 e. The summed E-state index contributed by atoms with van der Waals surface area (Å²) in [6.45, 7) is 8.12. The van der Waals surface area contributed by atoms with Crippen LogP contribution in [0.5, 0.6) is 0 Å². The van der Waals surface area contributed by atoms with Gasteiger partial charge in [-0.15, -0.1) is 6.58 Å². The number of thiocarbonyl (C=S) groups is 1. The van der Waals surface area contributed by atoms with Crippen LogP contribution in [0, 0.1) is 5.92 Å². The monoisotopic (exact) mass is 317 g/mol. The Labute approximate surface area is 137 Å². The summed E-state index contributed by atoms with van der Waals surface area (Å²) in [5.74, 6) is 0.773. The highest BCUT2D eigenvalue weighted by molar-refractivity contribution is 7.80. The first-order valence-electron chi connectivity index (χ1n) is 7.66. The summed E-state index contributed by atoms with van der Waals surface area (Å²) >= 11 is 5.22. The normalized spacial score (nSPS) is 15.2. The van der Waals surface area contributed by atoms with E-state index in [0.29, 0.717) is 23.1 Å². The molecular weight excluding hydrogens is 294 g/mol. The summed E-state index contributed by atoms with van der Waals surface area (Å²) in [7, 11) is 0. The lowest BCUT2D eigenvalue weighted by molar-refractivity contribution is 0.0698. The second kappa shape index (κ2) is 7.94. The SMILES string of the molecule is C=CCNC(=S)Nc1ccccc1C(=O)N1CCC(C)CC1. The van der Waals surface area contributed by atoms with Crippen LogP contribution >= 0.6 is 12.2 Å². The van der Waals surface area contributed by atoms with Gasteiger partial charge in [-0.2, -0.15) is 0 Å². The molecule has 2 N–H and O–H groups in total. The van der Waals surface area contributed by atoms with Gasteiger partial charge in [-0.25, -0.2) is 0 Å². The minimum atomic E-state index is 0.0709. The van der Waals surface area contributed by atoms with Gasteiger partial charge < -0.3 is 15.5 Å². The Balaban J connectivity index is 2.08. The van der Waals surface area contributed by atoms with E-state index in [1.54, 1.807) is 6.08 Å². The topological polar surface area (TPSA) is 44.4 Å². The van der Waals surface area contributed by atoms with Crippen LogP contribution in [0.1, 0.15) is 30.1 Å². The van der Waals surface area contributed by atoms with E-state index in [0.717, 1.165) is 31.6 Å². The molecule has 0 aliphatic carbocycles. The smallest absolute Gasteiger partial charge is 0.255 e. The van der Waals surface area contributed by atoms with E-state index in [-0.39, 0.29) is 5.91 Å². The third kappa shape index (κ3) is 4.31. The third-order valence-electron chi connectivity index (χ3n) is 3.88. The maximum absolute atomic E-state index is 12.7. The van der Waals surface area contributed by atoms with E-state index >= 15 is 0 Å². The van der Waals surface area contributed by atoms with E-state index in [1.807, 2.05) is 29.2 Å². The summed E-state index contributed by atoms with van der Waals surface area (Å²) in [4.78, 5) is 14.7. The molecule has 1 amide bonds. The molecule has 1 aliphatic heterocycles. The first-order valence-corrected chi connectivity index (χ1v) is 8.06. The maximum atomic E-state index is 12.7. The highest BCUT2D eigenvalue weighted by Crippen LogP contribution is 2.22. The molecule has 0 radical (unpaired) electrons. The molecule has 5 heteroatoms. The number of benzene rings is 1. The minimum Gasteiger partial charge on any atom is -0.359 e. The van der Waals surface area contributed by atoms with Gasteiger partial charge in [0.1, 0.15) is 0 Å². The lowest BCUT2D eigenvalue weighted by atomic mass is 9.98. The molecule has 22 heavy (non-hydrogen) atoms. The van der Waals surface area contributed by atoms with E-state index in [1.165, 1.54) is 0 Å². The van der Waals surface area contributed by atoms with Crippen LogP contribution in [0.25, 0.3) is 0 Å². The molecule has 1 fully saturated rings. The quantitative estimate of drug-likeness (QED) is 0.662. The molecule has 0 spiro atoms. The van der Waals surface area contributed by atoms with Crippen LogP contribution < -0.4 is 10.6 Å². The fourth-order valence-electron chi connectivity index (χ4n) is 2.49. The van der Waals surface area contributed by atoms with E-state index < -0.39 is 0 Å². The summed E-state index contributed by atoms with van der Waals surface area (Å²) in [5, 5.41) is 6.60. The van der Waals surface area contributed by atoms with Crippen molar-refractivity contribution in [3.05, 3.63) is 42.5 Å². The Morgan fingerprint density at radius 1 is 1.41 bits per heavy atom. The van der Waals surface area contributed by atoms with Crippen molar-refractivity contribution in [2.75, 3.05) is 25.0 Å². The van der Waals surface area contributed by atoms with E-state index in [9.17, 15) is 4.79 Å². The molecule has 1 aromatic carbocycles. The molecule has 1 saturated heterocycles. The standard InChI is InChI=1S/C17H23N3OS/c1-3-10-18-17(22)19-15-7-5-4-6-14(15)16(21)20-11-8-13(2)9-12-20/h3-7,13H,1,8-12H2,2H3,(H2,18,19,22). The Kier molecular flexibility index (Phi) is 5.95. The first-order chi connectivity index (χ1) is 10.6. The average molecular weight is 317 g/mol. The Morgan fingerprint density at radius 2 is 2.09 bits per heavy atom. The zero-order valence-electron chi connectivity index (χ0n) is 13.0. The van der Waals surface area contributed by atoms with Gasteiger partial charge in [0.05, 0.1) is 11.3 Å². The molecule has 0 unspecified atom stereocenters. The molecular formula is C17H23N3OS. The van der Waals surface area contributed by atoms with Crippen molar-refractivity contribution in [2.45, 2.75) is 19.8 Å².